The second-order valence-corrected chi connectivity index (χ2v) is 11.4. The number of nitrogens with one attached hydrogen (secondary N) is 1. The van der Waals surface area contributed by atoms with Gasteiger partial charge in [-0.2, -0.15) is 0 Å². The van der Waals surface area contributed by atoms with Crippen molar-refractivity contribution in [2.75, 3.05) is 27.2 Å². The molecule has 0 heterocycles. The molecule has 3 aliphatic rings. The van der Waals surface area contributed by atoms with Crippen LogP contribution in [0.3, 0.4) is 0 Å². The molecule has 2 amide bonds. The highest BCUT2D eigenvalue weighted by molar-refractivity contribution is 6.24. The Balaban J connectivity index is 1.51. The average Bonchev–Trinajstić information content (AvgIpc) is 2.90. The quantitative estimate of drug-likeness (QED) is 0.273. The van der Waals surface area contributed by atoms with Crippen LogP contribution in [0.5, 0.6) is 5.75 Å². The largest absolute Gasteiger partial charge is 0.507 e. The Labute approximate surface area is 236 Å². The monoisotopic (exact) mass is 563 g/mol. The topological polar surface area (TPSA) is 190 Å². The lowest BCUT2D eigenvalue weighted by Gasteiger charge is -2.48. The second-order valence-electron chi connectivity index (χ2n) is 11.4. The van der Waals surface area contributed by atoms with Gasteiger partial charge in [-0.1, -0.05) is 18.2 Å². The molecular formula is C30H33N3O8. The van der Waals surface area contributed by atoms with Crippen molar-refractivity contribution in [1.29, 1.82) is 0 Å². The first kappa shape index (κ1) is 28.5. The molecule has 41 heavy (non-hydrogen) atoms. The number of aromatic hydroxyl groups is 1. The fourth-order valence-electron chi connectivity index (χ4n) is 6.49. The summed E-state index contributed by atoms with van der Waals surface area (Å²) in [6.45, 7) is 1.19. The average molecular weight is 564 g/mol. The van der Waals surface area contributed by atoms with Gasteiger partial charge in [-0.05, 0) is 74.2 Å². The third-order valence-corrected chi connectivity index (χ3v) is 8.57. The van der Waals surface area contributed by atoms with Gasteiger partial charge in [-0.15, -0.1) is 0 Å². The maximum Gasteiger partial charge on any atom is 0.251 e. The number of phenolic OH excluding ortho intramolecular Hbond substituents is 1. The van der Waals surface area contributed by atoms with Crippen LogP contribution in [-0.4, -0.2) is 87.6 Å². The Morgan fingerprint density at radius 2 is 1.76 bits per heavy atom. The van der Waals surface area contributed by atoms with E-state index in [4.69, 9.17) is 5.73 Å². The molecule has 5 atom stereocenters. The predicted octanol–water partition coefficient (Wildman–Crippen LogP) is 0.547. The van der Waals surface area contributed by atoms with E-state index in [0.717, 1.165) is 0 Å². The van der Waals surface area contributed by atoms with Gasteiger partial charge in [0.05, 0.1) is 11.7 Å². The molecule has 216 valence electrons. The summed E-state index contributed by atoms with van der Waals surface area (Å²) >= 11 is 0. The lowest BCUT2D eigenvalue weighted by atomic mass is 9.56. The smallest absolute Gasteiger partial charge is 0.251 e. The van der Waals surface area contributed by atoms with Crippen LogP contribution in [-0.2, 0) is 20.8 Å². The van der Waals surface area contributed by atoms with Crippen LogP contribution in [0.15, 0.2) is 42.0 Å². The van der Waals surface area contributed by atoms with Gasteiger partial charge in [-0.3, -0.25) is 19.2 Å². The zero-order valence-corrected chi connectivity index (χ0v) is 22.8. The van der Waals surface area contributed by atoms with Crippen LogP contribution in [0.25, 0.3) is 16.9 Å². The van der Waals surface area contributed by atoms with Crippen LogP contribution in [0.4, 0.5) is 0 Å². The number of carbonyl (C=O) groups excluding carboxylic acids is 4. The lowest BCUT2D eigenvalue weighted by Crippen LogP contribution is -2.66. The number of Topliss-reactive ketones (excluding diaryl/α,β-unsaturated/α-hetero) is 2. The normalized spacial score (nSPS) is 27.2. The number of benzene rings is 2. The Kier molecular flexibility index (Phi) is 7.22. The number of hydrogen-bond acceptors (Lipinski definition) is 9. The van der Waals surface area contributed by atoms with Crippen molar-refractivity contribution in [1.82, 2.24) is 10.2 Å². The molecule has 2 saturated carbocycles. The first-order chi connectivity index (χ1) is 19.4. The molecule has 5 rings (SSSR count). The predicted molar refractivity (Wildman–Crippen MR) is 148 cm³/mol. The Bertz CT molecular complexity index is 1480. The van der Waals surface area contributed by atoms with E-state index in [1.165, 1.54) is 6.07 Å². The Hall–Kier alpha value is -4.06. The molecular weight excluding hydrogens is 530 g/mol. The third-order valence-electron chi connectivity index (χ3n) is 8.57. The number of ketones is 2. The maximum absolute atomic E-state index is 13.7. The fraction of sp³-hybridized carbons (Fsp3) is 0.400. The number of fused-ring (bicyclic) bond motifs is 3. The third kappa shape index (κ3) is 4.59. The van der Waals surface area contributed by atoms with Crippen molar-refractivity contribution in [2.45, 2.75) is 31.0 Å². The first-order valence-electron chi connectivity index (χ1n) is 13.5. The van der Waals surface area contributed by atoms with E-state index in [1.807, 2.05) is 19.0 Å². The highest BCUT2D eigenvalue weighted by atomic mass is 16.3. The van der Waals surface area contributed by atoms with E-state index in [-0.39, 0.29) is 42.1 Å². The first-order valence-corrected chi connectivity index (χ1v) is 13.5. The molecule has 2 aromatic rings. The minimum absolute atomic E-state index is 0.0180. The van der Waals surface area contributed by atoms with Gasteiger partial charge in [0, 0.05) is 30.1 Å². The summed E-state index contributed by atoms with van der Waals surface area (Å²) in [7, 11) is 3.83. The summed E-state index contributed by atoms with van der Waals surface area (Å²) < 4.78 is 0. The van der Waals surface area contributed by atoms with Gasteiger partial charge in [0.25, 0.3) is 5.91 Å². The van der Waals surface area contributed by atoms with Gasteiger partial charge < -0.3 is 36.4 Å². The van der Waals surface area contributed by atoms with E-state index >= 15 is 0 Å². The molecule has 0 radical (unpaired) electrons. The molecule has 3 aliphatic carbocycles. The fourth-order valence-corrected chi connectivity index (χ4v) is 6.49. The van der Waals surface area contributed by atoms with E-state index in [0.29, 0.717) is 35.3 Å². The van der Waals surface area contributed by atoms with Crippen molar-refractivity contribution < 1.29 is 39.6 Å². The standard InChI is InChI=1S/C30H33N3O8/c1-33(2)10-9-32-29(40)15-5-3-14(4-6-15)18-7-8-20(34)23-19(18)12-16-11-17-13-21(35)24(28(31)39)27(38)30(17,41)26(37)22(16)25(23)36/h3-8,16-17,21,24,34-36,41H,9-13H2,1-2H3,(H2,31,39)(H,32,40)/t16-,17+,21?,24?,30+/m1/s1. The summed E-state index contributed by atoms with van der Waals surface area (Å²) in [6, 6.07) is 9.94. The van der Waals surface area contributed by atoms with Crippen molar-refractivity contribution in [3.63, 3.8) is 0 Å². The van der Waals surface area contributed by atoms with Gasteiger partial charge in [-0.25, -0.2) is 0 Å². The lowest BCUT2D eigenvalue weighted by molar-refractivity contribution is -0.174. The van der Waals surface area contributed by atoms with Gasteiger partial charge in [0.15, 0.2) is 11.4 Å². The van der Waals surface area contributed by atoms with E-state index in [1.54, 1.807) is 30.3 Å². The number of nitrogens with zero attached hydrogens (tertiary/aromatic N) is 1. The summed E-state index contributed by atoms with van der Waals surface area (Å²) in [5.74, 6) is -7.75. The van der Waals surface area contributed by atoms with Crippen LogP contribution < -0.4 is 11.1 Å². The number of primary amides is 1. The number of likely N-dealkylation sites (N-methyl/N-ethyl adjacent to an activating group) is 1. The van der Waals surface area contributed by atoms with Gasteiger partial charge >= 0.3 is 0 Å². The van der Waals surface area contributed by atoms with Crippen LogP contribution >= 0.6 is 0 Å². The minimum atomic E-state index is -2.62. The molecule has 2 unspecified atom stereocenters. The number of nitrogens with two attached hydrogens (primary N) is 1. The highest BCUT2D eigenvalue weighted by Gasteiger charge is 2.63. The summed E-state index contributed by atoms with van der Waals surface area (Å²) in [6.07, 6.45) is -1.35. The van der Waals surface area contributed by atoms with Crippen molar-refractivity contribution in [3.05, 3.63) is 58.7 Å². The SMILES string of the molecule is CN(C)CCNC(=O)c1ccc(-c2ccc(O)c3c2C[C@H]2C[C@H]4CC(O)C(C(N)=O)C(=O)[C@@]4(O)C(=O)C2=C3O)cc1. The van der Waals surface area contributed by atoms with Crippen molar-refractivity contribution in [3.8, 4) is 16.9 Å². The van der Waals surface area contributed by atoms with Crippen LogP contribution in [0.2, 0.25) is 0 Å². The van der Waals surface area contributed by atoms with E-state index in [9.17, 15) is 39.6 Å². The molecule has 0 aliphatic heterocycles. The molecule has 0 saturated heterocycles. The summed E-state index contributed by atoms with van der Waals surface area (Å²) in [5.41, 5.74) is 4.91. The van der Waals surface area contributed by atoms with Crippen molar-refractivity contribution in [2.24, 2.45) is 23.5 Å². The molecule has 2 fully saturated rings. The van der Waals surface area contributed by atoms with E-state index in [2.05, 4.69) is 5.32 Å². The molecule has 7 N–H and O–H groups in total. The van der Waals surface area contributed by atoms with Crippen LogP contribution in [0, 0.1) is 17.8 Å². The van der Waals surface area contributed by atoms with E-state index < -0.39 is 52.7 Å². The number of carbonyl (C=O) groups is 4. The minimum Gasteiger partial charge on any atom is -0.507 e. The molecule has 2 aromatic carbocycles. The Morgan fingerprint density at radius 3 is 2.39 bits per heavy atom. The molecule has 0 bridgehead atoms. The second kappa shape index (κ2) is 10.4. The number of hydrogen-bond donors (Lipinski definition) is 6. The number of aliphatic hydroxyl groups is 3. The zero-order valence-electron chi connectivity index (χ0n) is 22.8. The number of rotatable bonds is 6. The number of phenols is 1. The summed E-state index contributed by atoms with van der Waals surface area (Å²) in [4.78, 5) is 53.1. The number of aliphatic hydroxyl groups excluding tert-OH is 2. The van der Waals surface area contributed by atoms with Gasteiger partial charge in [0.1, 0.15) is 17.4 Å². The number of amides is 2. The molecule has 0 aromatic heterocycles. The zero-order chi connectivity index (χ0) is 29.8. The summed E-state index contributed by atoms with van der Waals surface area (Å²) in [5, 5.41) is 46.7. The van der Waals surface area contributed by atoms with Gasteiger partial charge in [0.2, 0.25) is 11.7 Å². The maximum atomic E-state index is 13.7. The Morgan fingerprint density at radius 1 is 1.07 bits per heavy atom. The molecule has 0 spiro atoms. The molecule has 11 heteroatoms. The van der Waals surface area contributed by atoms with Crippen LogP contribution in [0.1, 0.15) is 34.3 Å². The molecule has 11 nitrogen and oxygen atoms in total. The van der Waals surface area contributed by atoms with Crippen molar-refractivity contribution >= 4 is 29.1 Å². The highest BCUT2D eigenvalue weighted by Crippen LogP contribution is 2.52.